The molecule has 0 saturated heterocycles. The molecule has 112 valence electrons. The van der Waals surface area contributed by atoms with Gasteiger partial charge in [0.15, 0.2) is 11.5 Å². The fraction of sp³-hybridized carbons (Fsp3) is 0.294. The highest BCUT2D eigenvalue weighted by molar-refractivity contribution is 6.30. The average molecular weight is 306 g/mol. The molecule has 3 nitrogen and oxygen atoms in total. The fourth-order valence-corrected chi connectivity index (χ4v) is 2.45. The molecule has 4 heteroatoms. The number of nitrogens with two attached hydrogens (primary N) is 1. The summed E-state index contributed by atoms with van der Waals surface area (Å²) in [7, 11) is 1.61. The van der Waals surface area contributed by atoms with Gasteiger partial charge in [0.2, 0.25) is 0 Å². The highest BCUT2D eigenvalue weighted by atomic mass is 35.5. The standard InChI is InChI=1S/C17H20ClNO2/c1-12(13-6-4-3-5-7-13)21-17-14(8-9-19)10-15(18)11-16(17)20-2/h3-7,10-12H,8-9,19H2,1-2H3. The van der Waals surface area contributed by atoms with Crippen molar-refractivity contribution in [3.8, 4) is 11.5 Å². The third-order valence-corrected chi connectivity index (χ3v) is 3.51. The van der Waals surface area contributed by atoms with Crippen LogP contribution in [0.5, 0.6) is 11.5 Å². The predicted molar refractivity (Wildman–Crippen MR) is 86.2 cm³/mol. The van der Waals surface area contributed by atoms with Crippen LogP contribution >= 0.6 is 11.6 Å². The Morgan fingerprint density at radius 3 is 2.52 bits per heavy atom. The van der Waals surface area contributed by atoms with Crippen LogP contribution in [0.25, 0.3) is 0 Å². The number of hydrogen-bond acceptors (Lipinski definition) is 3. The van der Waals surface area contributed by atoms with Crippen molar-refractivity contribution in [2.45, 2.75) is 19.4 Å². The maximum atomic E-state index is 6.12. The van der Waals surface area contributed by atoms with Gasteiger partial charge in [-0.15, -0.1) is 0 Å². The van der Waals surface area contributed by atoms with Crippen LogP contribution in [0, 0.1) is 0 Å². The van der Waals surface area contributed by atoms with Crippen LogP contribution in [-0.4, -0.2) is 13.7 Å². The van der Waals surface area contributed by atoms with Gasteiger partial charge >= 0.3 is 0 Å². The summed E-state index contributed by atoms with van der Waals surface area (Å²) in [5.74, 6) is 1.34. The Morgan fingerprint density at radius 2 is 1.90 bits per heavy atom. The minimum absolute atomic E-state index is 0.0854. The van der Waals surface area contributed by atoms with Gasteiger partial charge in [-0.05, 0) is 31.5 Å². The molecule has 2 aromatic rings. The van der Waals surface area contributed by atoms with E-state index in [0.717, 1.165) is 11.1 Å². The molecule has 0 bridgehead atoms. The number of hydrogen-bond donors (Lipinski definition) is 1. The number of methoxy groups -OCH3 is 1. The molecule has 1 unspecified atom stereocenters. The van der Waals surface area contributed by atoms with Crippen molar-refractivity contribution in [1.82, 2.24) is 0 Å². The third-order valence-electron chi connectivity index (χ3n) is 3.29. The first-order valence-electron chi connectivity index (χ1n) is 6.93. The van der Waals surface area contributed by atoms with E-state index in [2.05, 4.69) is 0 Å². The molecule has 0 aliphatic heterocycles. The van der Waals surface area contributed by atoms with Crippen molar-refractivity contribution in [1.29, 1.82) is 0 Å². The predicted octanol–water partition coefficient (Wildman–Crippen LogP) is 3.99. The van der Waals surface area contributed by atoms with E-state index in [0.29, 0.717) is 29.5 Å². The highest BCUT2D eigenvalue weighted by Gasteiger charge is 2.16. The van der Waals surface area contributed by atoms with Gasteiger partial charge in [0.25, 0.3) is 0 Å². The fourth-order valence-electron chi connectivity index (χ4n) is 2.22. The average Bonchev–Trinajstić information content (AvgIpc) is 2.50. The second-order valence-electron chi connectivity index (χ2n) is 4.81. The smallest absolute Gasteiger partial charge is 0.165 e. The molecule has 0 aromatic heterocycles. The zero-order valence-electron chi connectivity index (χ0n) is 12.3. The molecule has 2 N–H and O–H groups in total. The van der Waals surface area contributed by atoms with Gasteiger partial charge in [0, 0.05) is 16.7 Å². The van der Waals surface area contributed by atoms with Gasteiger partial charge in [-0.25, -0.2) is 0 Å². The summed E-state index contributed by atoms with van der Waals surface area (Å²) in [6, 6.07) is 13.7. The van der Waals surface area contributed by atoms with Crippen molar-refractivity contribution in [2.75, 3.05) is 13.7 Å². The van der Waals surface area contributed by atoms with Crippen LogP contribution in [-0.2, 0) is 6.42 Å². The number of ether oxygens (including phenoxy) is 2. The lowest BCUT2D eigenvalue weighted by Gasteiger charge is -2.20. The van der Waals surface area contributed by atoms with Crippen molar-refractivity contribution in [3.63, 3.8) is 0 Å². The van der Waals surface area contributed by atoms with E-state index < -0.39 is 0 Å². The zero-order chi connectivity index (χ0) is 15.2. The summed E-state index contributed by atoms with van der Waals surface area (Å²) in [5.41, 5.74) is 7.74. The quantitative estimate of drug-likeness (QED) is 0.877. The lowest BCUT2D eigenvalue weighted by Crippen LogP contribution is -2.09. The Bertz CT molecular complexity index is 587. The van der Waals surface area contributed by atoms with Gasteiger partial charge in [0.05, 0.1) is 7.11 Å². The van der Waals surface area contributed by atoms with Gasteiger partial charge in [-0.1, -0.05) is 41.9 Å². The van der Waals surface area contributed by atoms with E-state index in [1.165, 1.54) is 0 Å². The summed E-state index contributed by atoms with van der Waals surface area (Å²) in [4.78, 5) is 0. The first-order chi connectivity index (χ1) is 10.2. The van der Waals surface area contributed by atoms with Crippen molar-refractivity contribution < 1.29 is 9.47 Å². The minimum Gasteiger partial charge on any atom is -0.493 e. The molecule has 21 heavy (non-hydrogen) atoms. The van der Waals surface area contributed by atoms with Crippen LogP contribution in [0.2, 0.25) is 5.02 Å². The summed E-state index contributed by atoms with van der Waals surface area (Å²) in [6.45, 7) is 2.54. The number of halogens is 1. The second kappa shape index (κ2) is 7.34. The molecule has 0 aliphatic carbocycles. The summed E-state index contributed by atoms with van der Waals surface area (Å²) >= 11 is 6.11. The monoisotopic (exact) mass is 305 g/mol. The van der Waals surface area contributed by atoms with Crippen molar-refractivity contribution >= 4 is 11.6 Å². The summed E-state index contributed by atoms with van der Waals surface area (Å²) in [5, 5.41) is 0.620. The van der Waals surface area contributed by atoms with Crippen LogP contribution in [0.4, 0.5) is 0 Å². The van der Waals surface area contributed by atoms with E-state index in [1.807, 2.05) is 43.3 Å². The van der Waals surface area contributed by atoms with Crippen LogP contribution in [0.3, 0.4) is 0 Å². The zero-order valence-corrected chi connectivity index (χ0v) is 13.1. The van der Waals surface area contributed by atoms with E-state index >= 15 is 0 Å². The molecule has 1 atom stereocenters. The first kappa shape index (κ1) is 15.7. The maximum Gasteiger partial charge on any atom is 0.165 e. The minimum atomic E-state index is -0.0854. The van der Waals surface area contributed by atoms with Gasteiger partial charge < -0.3 is 15.2 Å². The van der Waals surface area contributed by atoms with E-state index in [-0.39, 0.29) is 6.10 Å². The molecule has 0 aliphatic rings. The molecule has 0 spiro atoms. The van der Waals surface area contributed by atoms with Gasteiger partial charge in [-0.3, -0.25) is 0 Å². The SMILES string of the molecule is COc1cc(Cl)cc(CCN)c1OC(C)c1ccccc1. The number of benzene rings is 2. The highest BCUT2D eigenvalue weighted by Crippen LogP contribution is 2.37. The Kier molecular flexibility index (Phi) is 5.48. The molecule has 2 rings (SSSR count). The summed E-state index contributed by atoms with van der Waals surface area (Å²) < 4.78 is 11.5. The van der Waals surface area contributed by atoms with Crippen molar-refractivity contribution in [2.24, 2.45) is 5.73 Å². The summed E-state index contributed by atoms with van der Waals surface area (Å²) in [6.07, 6.45) is 0.603. The van der Waals surface area contributed by atoms with Gasteiger partial charge in [0.1, 0.15) is 6.10 Å². The Hall–Kier alpha value is -1.71. The second-order valence-corrected chi connectivity index (χ2v) is 5.24. The van der Waals surface area contributed by atoms with Crippen LogP contribution in [0.1, 0.15) is 24.2 Å². The topological polar surface area (TPSA) is 44.5 Å². The Balaban J connectivity index is 2.33. The molecular weight excluding hydrogens is 286 g/mol. The van der Waals surface area contributed by atoms with E-state index in [9.17, 15) is 0 Å². The van der Waals surface area contributed by atoms with E-state index in [4.69, 9.17) is 26.8 Å². The first-order valence-corrected chi connectivity index (χ1v) is 7.31. The largest absolute Gasteiger partial charge is 0.493 e. The third kappa shape index (κ3) is 3.90. The lowest BCUT2D eigenvalue weighted by atomic mass is 10.1. The molecule has 0 saturated carbocycles. The van der Waals surface area contributed by atoms with E-state index in [1.54, 1.807) is 13.2 Å². The van der Waals surface area contributed by atoms with Crippen LogP contribution < -0.4 is 15.2 Å². The molecular formula is C17H20ClNO2. The normalized spacial score (nSPS) is 12.0. The molecule has 2 aromatic carbocycles. The molecule has 0 amide bonds. The molecule has 0 fully saturated rings. The lowest BCUT2D eigenvalue weighted by molar-refractivity contribution is 0.213. The van der Waals surface area contributed by atoms with Gasteiger partial charge in [-0.2, -0.15) is 0 Å². The van der Waals surface area contributed by atoms with Crippen LogP contribution in [0.15, 0.2) is 42.5 Å². The van der Waals surface area contributed by atoms with Crippen molar-refractivity contribution in [3.05, 3.63) is 58.6 Å². The molecule has 0 heterocycles. The Labute approximate surface area is 130 Å². The molecule has 0 radical (unpaired) electrons. The maximum absolute atomic E-state index is 6.12. The Morgan fingerprint density at radius 1 is 1.19 bits per heavy atom. The number of rotatable bonds is 6.